The second-order valence-electron chi connectivity index (χ2n) is 27.2. The molecule has 32 nitrogen and oxygen atoms in total. The highest BCUT2D eigenvalue weighted by atomic mass is 32.0. The minimum Gasteiger partial charge on any atom is -0.493 e. The summed E-state index contributed by atoms with van der Waals surface area (Å²) in [5.74, 6) is -1.77. The third-order valence-electron chi connectivity index (χ3n) is 15.8. The molecule has 0 saturated carbocycles. The van der Waals surface area contributed by atoms with Crippen LogP contribution in [0, 0.1) is 15.5 Å². The smallest absolute Gasteiger partial charge is 0.429 e. The average molecular weight is 1600 g/mol. The van der Waals surface area contributed by atoms with Crippen LogP contribution in [0.4, 0.5) is 24.5 Å². The number of para-hydroxylation sites is 1. The van der Waals surface area contributed by atoms with Gasteiger partial charge in [0.25, 0.3) is 11.6 Å². The molecule has 614 valence electrons. The van der Waals surface area contributed by atoms with Crippen molar-refractivity contribution in [3.8, 4) is 11.5 Å². The number of fused-ring (bicyclic) bond motifs is 2. The van der Waals surface area contributed by atoms with E-state index in [9.17, 15) is 72.4 Å². The van der Waals surface area contributed by atoms with Gasteiger partial charge in [-0.2, -0.15) is 0 Å². The van der Waals surface area contributed by atoms with Crippen LogP contribution in [-0.2, 0) is 69.8 Å². The van der Waals surface area contributed by atoms with Crippen LogP contribution in [0.5, 0.6) is 11.5 Å². The Kier molecular flexibility index (Phi) is 42.9. The van der Waals surface area contributed by atoms with Gasteiger partial charge in [-0.1, -0.05) is 44.7 Å². The number of alkyl halides is 1. The number of carboxylic acids is 1. The molecule has 4 amide bonds. The van der Waals surface area contributed by atoms with Crippen LogP contribution in [0.15, 0.2) is 96.0 Å². The number of unbranched alkanes of at least 4 members (excludes halogenated alkanes) is 2. The fraction of sp³-hybridized carbons (Fsp3) is 0.553. The molecule has 2 aliphatic heterocycles. The van der Waals surface area contributed by atoms with Crippen molar-refractivity contribution < 1.29 is 105 Å². The molecular formula is C76H110FN8O24P2+. The zero-order valence-electron chi connectivity index (χ0n) is 65.2. The van der Waals surface area contributed by atoms with E-state index < -0.39 is 89.3 Å². The van der Waals surface area contributed by atoms with Crippen molar-refractivity contribution in [3.63, 3.8) is 0 Å². The van der Waals surface area contributed by atoms with Gasteiger partial charge < -0.3 is 73.3 Å². The Hall–Kier alpha value is -10.0. The van der Waals surface area contributed by atoms with Crippen molar-refractivity contribution in [3.05, 3.63) is 120 Å². The van der Waals surface area contributed by atoms with Gasteiger partial charge in [0, 0.05) is 99.3 Å². The number of halogens is 1. The number of hydrogen-bond donors (Lipinski definition) is 6. The van der Waals surface area contributed by atoms with Gasteiger partial charge in [-0.15, -0.1) is 0 Å². The maximum absolute atomic E-state index is 13.6. The molecule has 2 aliphatic rings. The molecule has 7 rings (SSSR count). The highest BCUT2D eigenvalue weighted by molar-refractivity contribution is 8.05. The Labute approximate surface area is 650 Å². The number of alkyl carbamates (subject to hydrolysis) is 3. The predicted octanol–water partition coefficient (Wildman–Crippen LogP) is 12.7. The predicted molar refractivity (Wildman–Crippen MR) is 418 cm³/mol. The van der Waals surface area contributed by atoms with E-state index in [0.29, 0.717) is 143 Å². The van der Waals surface area contributed by atoms with Gasteiger partial charge in [-0.25, -0.2) is 33.6 Å². The fourth-order valence-corrected chi connectivity index (χ4v) is 12.3. The first kappa shape index (κ1) is 95.2. The Morgan fingerprint density at radius 3 is 1.73 bits per heavy atom. The van der Waals surface area contributed by atoms with E-state index in [0.717, 1.165) is 31.2 Å². The number of ether oxygens (including phenoxy) is 7. The minimum atomic E-state index is -1.50. The topological polar surface area (TPSA) is 439 Å². The number of carboxylic acid groups (broad SMARTS) is 1. The Morgan fingerprint density at radius 1 is 0.739 bits per heavy atom. The molecule has 2 fully saturated rings. The summed E-state index contributed by atoms with van der Waals surface area (Å²) in [5.41, 5.74) is 0.0181. The van der Waals surface area contributed by atoms with Crippen molar-refractivity contribution in [2.45, 2.75) is 208 Å². The summed E-state index contributed by atoms with van der Waals surface area (Å²) in [6, 6.07) is 16.1. The molecule has 2 aromatic heterocycles. The lowest BCUT2D eigenvalue weighted by molar-refractivity contribution is -0.385. The van der Waals surface area contributed by atoms with Crippen molar-refractivity contribution in [2.24, 2.45) is 4.74 Å². The number of hydrogen-bond acceptors (Lipinski definition) is 26. The van der Waals surface area contributed by atoms with Crippen molar-refractivity contribution >= 4 is 104 Å². The molecule has 0 aliphatic carbocycles. The standard InChI is InChI=1S/C32H44N4O10P2.C21H31N3O8.C20H23NO6.CH3F.2CH4/c1-21(37)17-22-18-28(38)45-27-19-23(11-12-24(22)27)42-15-8-16-43-30(40)26-10-7-14-36(26)29(39)25(35-48(47)44-20-33)9-5-6-13-34-31(41)46-32(2,3)4;1-14(15-9-5-6-11-17(15)24(29)30)13-31-20(28)23-16(18(25)26)10-7-8-12-22-19(27)32-21(2,3)4;1-13(22)10-14-11-19(23)27-18-12-15(5-6-16(14)18)25-8-3-9-26-20(24)17-4-2-7-21-17;1-2;;/h11-12,18-20,25-26,33H,5-10,13-17,47H2,1-4H3;5-6,9,11,14,16H,7-8,10,12-13H2,1-4H3,(H,22,27)(H,23,28)(H,25,26);5-6,11-12,17,21H,2-4,7-10H2,1H3;1H3;2*1H4/p+1/t25-,26?;14?,16-;;;;/m00..../s1/i;;;;1D;. The molecule has 111 heavy (non-hydrogen) atoms. The van der Waals surface area contributed by atoms with Gasteiger partial charge in [0.2, 0.25) is 6.40 Å². The fourth-order valence-electron chi connectivity index (χ4n) is 11.0. The minimum absolute atomic E-state index is 0. The average Bonchev–Trinajstić information content (AvgIpc) is 1.08. The number of nitrogens with one attached hydrogen (secondary N) is 5. The summed E-state index contributed by atoms with van der Waals surface area (Å²) >= 11 is 0. The first-order valence-electron chi connectivity index (χ1n) is 36.6. The Balaban J connectivity index is 0.000000580. The summed E-state index contributed by atoms with van der Waals surface area (Å²) in [6.45, 7) is 17.9. The highest BCUT2D eigenvalue weighted by Crippen LogP contribution is 2.38. The van der Waals surface area contributed by atoms with Crippen molar-refractivity contribution in [1.29, 1.82) is 5.41 Å². The number of likely N-dealkylation sites (tertiary alicyclic amines) is 1. The van der Waals surface area contributed by atoms with E-state index in [1.807, 2.05) is 0 Å². The van der Waals surface area contributed by atoms with Crippen molar-refractivity contribution in [1.82, 2.24) is 26.2 Å². The number of aliphatic carboxylic acids is 1. The molecule has 2 saturated heterocycles. The van der Waals surface area contributed by atoms with Crippen LogP contribution in [0.2, 0.25) is 0 Å². The van der Waals surface area contributed by atoms with Crippen LogP contribution >= 0.6 is 16.6 Å². The molecule has 0 radical (unpaired) electrons. The Morgan fingerprint density at radius 2 is 1.25 bits per heavy atom. The monoisotopic (exact) mass is 1600 g/mol. The SMILES string of the molecule is C.CC(=O)Cc1cc(=O)oc2cc(OCCCOC(=O)C3CCCN3)ccc12.CC(=O)Cc1cc(=O)oc2cc(OCCCOC(=O)C3CCCN3C(=O)[C@H](CCCCNC(=O)OC(C)(C)C)N=[P+](P)OC=N)ccc12.CC(COC(=O)N[C@@H](CCCCNC(=O)OC(C)(C)C)C(=O)O)c1ccccc1[N+](=O)[O-].CF.[2H]C. The molecule has 0 bridgehead atoms. The zero-order valence-corrected chi connectivity index (χ0v) is 66.3. The van der Waals surface area contributed by atoms with Gasteiger partial charge in [-0.3, -0.25) is 43.6 Å². The lowest BCUT2D eigenvalue weighted by Crippen LogP contribution is -2.45. The van der Waals surface area contributed by atoms with E-state index in [2.05, 4.69) is 34.9 Å². The molecule has 4 heterocycles. The number of amides is 4. The molecule has 5 aromatic rings. The quantitative estimate of drug-likeness (QED) is 0.00250. The molecule has 7 atom stereocenters. The summed E-state index contributed by atoms with van der Waals surface area (Å²) in [7, 11) is 2.64. The van der Waals surface area contributed by atoms with Crippen LogP contribution in [-0.4, -0.2) is 177 Å². The summed E-state index contributed by atoms with van der Waals surface area (Å²) in [5, 5.41) is 39.7. The van der Waals surface area contributed by atoms with Crippen LogP contribution in [0.3, 0.4) is 0 Å². The van der Waals surface area contributed by atoms with Crippen LogP contribution in [0.25, 0.3) is 21.9 Å². The first-order chi connectivity index (χ1) is 52.7. The molecule has 35 heteroatoms. The van der Waals surface area contributed by atoms with Gasteiger partial charge in [0.15, 0.2) is 15.0 Å². The third kappa shape index (κ3) is 36.6. The lowest BCUT2D eigenvalue weighted by Gasteiger charge is -2.25. The number of benzene rings is 3. The first-order valence-corrected chi connectivity index (χ1v) is 38.4. The molecule has 5 unspecified atom stereocenters. The van der Waals surface area contributed by atoms with Gasteiger partial charge in [0.1, 0.15) is 70.2 Å². The van der Waals surface area contributed by atoms with Crippen molar-refractivity contribution in [2.75, 3.05) is 66.4 Å². The van der Waals surface area contributed by atoms with E-state index in [4.69, 9.17) is 53.3 Å². The number of nitrogens with zero attached hydrogens (tertiary/aromatic N) is 3. The number of carbonyl (C=O) groups excluding carboxylic acids is 8. The maximum atomic E-state index is 13.6. The molecule has 6 N–H and O–H groups in total. The largest absolute Gasteiger partial charge is 0.493 e. The number of ketones is 2. The lowest BCUT2D eigenvalue weighted by atomic mass is 10.0. The molecular weight excluding hydrogens is 1490 g/mol. The van der Waals surface area contributed by atoms with Gasteiger partial charge in [0.05, 0.1) is 38.5 Å². The van der Waals surface area contributed by atoms with Crippen LogP contribution in [0.1, 0.15) is 178 Å². The Bertz CT molecular complexity index is 4050. The number of nitro groups is 1. The number of rotatable bonds is 36. The highest BCUT2D eigenvalue weighted by Gasteiger charge is 2.39. The third-order valence-corrected chi connectivity index (χ3v) is 17.4. The van der Waals surface area contributed by atoms with Crippen LogP contribution < -0.4 is 42.0 Å². The normalized spacial score (nSPS) is 14.5. The van der Waals surface area contributed by atoms with E-state index in [1.165, 1.54) is 44.3 Å². The number of esters is 2. The number of nitro benzene ring substituents is 1. The second kappa shape index (κ2) is 50.0. The second-order valence-corrected chi connectivity index (χ2v) is 29.6. The van der Waals surface area contributed by atoms with E-state index in [-0.39, 0.29) is 81.7 Å². The molecule has 0 spiro atoms. The van der Waals surface area contributed by atoms with Gasteiger partial charge >= 0.3 is 55.1 Å². The number of carbonyl (C=O) groups is 9. The number of Topliss-reactive ketones (excluding diaryl/α,β-unsaturated/α-hetero) is 2. The van der Waals surface area contributed by atoms with E-state index >= 15 is 0 Å². The summed E-state index contributed by atoms with van der Waals surface area (Å²) < 4.78 is 72.9. The zero-order chi connectivity index (χ0) is 82.8. The summed E-state index contributed by atoms with van der Waals surface area (Å²) in [6.07, 6.45) is 5.55. The molecule has 3 aromatic carbocycles. The summed E-state index contributed by atoms with van der Waals surface area (Å²) in [4.78, 5) is 144. The maximum Gasteiger partial charge on any atom is 0.429 e. The van der Waals surface area contributed by atoms with E-state index in [1.54, 1.807) is 103 Å². The van der Waals surface area contributed by atoms with Gasteiger partial charge in [-0.05, 0) is 162 Å².